The van der Waals surface area contributed by atoms with Crippen LogP contribution in [0.15, 0.2) is 91.0 Å². The quantitative estimate of drug-likeness (QED) is 0.364. The standard InChI is InChI=1S/C28H32NO2/c1-29(20-12-5-13-21-29)26(23-14-6-2-7-15-23)22-31-28(30)27(24-16-8-3-9-17-24)25-18-10-4-11-19-25/h2-4,6-11,14-19,26-27H,5,12-13,20-22H2,1H3/q+1. The predicted molar refractivity (Wildman–Crippen MR) is 125 cm³/mol. The SMILES string of the molecule is C[N+]1(C(COC(=O)C(c2ccccc2)c2ccccc2)c2ccccc2)CCCCC1. The second-order valence-electron chi connectivity index (χ2n) is 8.80. The van der Waals surface area contributed by atoms with Gasteiger partial charge in [-0.3, -0.25) is 4.79 Å². The molecular weight excluding hydrogens is 382 g/mol. The Labute approximate surface area is 185 Å². The van der Waals surface area contributed by atoms with Gasteiger partial charge in [0.1, 0.15) is 18.6 Å². The molecule has 0 amide bonds. The third-order valence-electron chi connectivity index (χ3n) is 6.66. The molecule has 0 saturated carbocycles. The van der Waals surface area contributed by atoms with E-state index in [4.69, 9.17) is 4.74 Å². The van der Waals surface area contributed by atoms with Gasteiger partial charge in [0.25, 0.3) is 0 Å². The van der Waals surface area contributed by atoms with Crippen LogP contribution in [0.5, 0.6) is 0 Å². The van der Waals surface area contributed by atoms with E-state index in [1.54, 1.807) is 0 Å². The number of carbonyl (C=O) groups is 1. The first kappa shape index (κ1) is 21.3. The highest BCUT2D eigenvalue weighted by Crippen LogP contribution is 2.33. The van der Waals surface area contributed by atoms with Gasteiger partial charge in [0.05, 0.1) is 20.1 Å². The Morgan fingerprint density at radius 2 is 1.19 bits per heavy atom. The molecule has 0 spiro atoms. The van der Waals surface area contributed by atoms with Crippen molar-refractivity contribution in [2.24, 2.45) is 0 Å². The molecule has 1 saturated heterocycles. The van der Waals surface area contributed by atoms with Crippen LogP contribution in [0.2, 0.25) is 0 Å². The maximum absolute atomic E-state index is 13.4. The highest BCUT2D eigenvalue weighted by Gasteiger charge is 2.37. The van der Waals surface area contributed by atoms with Crippen LogP contribution in [0, 0.1) is 0 Å². The molecule has 1 unspecified atom stereocenters. The Kier molecular flexibility index (Phi) is 6.83. The number of piperidine rings is 1. The van der Waals surface area contributed by atoms with Crippen molar-refractivity contribution in [1.82, 2.24) is 0 Å². The lowest BCUT2D eigenvalue weighted by Crippen LogP contribution is -2.52. The van der Waals surface area contributed by atoms with Crippen molar-refractivity contribution in [2.75, 3.05) is 26.7 Å². The van der Waals surface area contributed by atoms with Crippen LogP contribution >= 0.6 is 0 Å². The Morgan fingerprint density at radius 3 is 1.68 bits per heavy atom. The van der Waals surface area contributed by atoms with E-state index in [0.717, 1.165) is 28.7 Å². The summed E-state index contributed by atoms with van der Waals surface area (Å²) in [5.41, 5.74) is 3.18. The minimum atomic E-state index is -0.412. The molecule has 3 aromatic carbocycles. The number of hydrogen-bond donors (Lipinski definition) is 0. The van der Waals surface area contributed by atoms with E-state index in [2.05, 4.69) is 31.3 Å². The molecule has 31 heavy (non-hydrogen) atoms. The summed E-state index contributed by atoms with van der Waals surface area (Å²) in [6.07, 6.45) is 3.74. The summed E-state index contributed by atoms with van der Waals surface area (Å²) in [7, 11) is 2.32. The fourth-order valence-corrected chi connectivity index (χ4v) is 4.86. The number of quaternary nitrogens is 1. The largest absolute Gasteiger partial charge is 0.458 e. The molecule has 3 heteroatoms. The molecule has 1 atom stereocenters. The summed E-state index contributed by atoms with van der Waals surface area (Å²) in [5.74, 6) is -0.590. The monoisotopic (exact) mass is 414 g/mol. The van der Waals surface area contributed by atoms with Crippen molar-refractivity contribution in [3.05, 3.63) is 108 Å². The topological polar surface area (TPSA) is 26.3 Å². The number of esters is 1. The van der Waals surface area contributed by atoms with Gasteiger partial charge < -0.3 is 9.22 Å². The van der Waals surface area contributed by atoms with E-state index in [9.17, 15) is 4.79 Å². The number of ether oxygens (including phenoxy) is 1. The van der Waals surface area contributed by atoms with Gasteiger partial charge in [-0.25, -0.2) is 0 Å². The minimum absolute atomic E-state index is 0.151. The van der Waals surface area contributed by atoms with E-state index < -0.39 is 5.92 Å². The molecule has 3 nitrogen and oxygen atoms in total. The third-order valence-corrected chi connectivity index (χ3v) is 6.66. The summed E-state index contributed by atoms with van der Waals surface area (Å²) < 4.78 is 7.02. The predicted octanol–water partition coefficient (Wildman–Crippen LogP) is 5.73. The summed E-state index contributed by atoms with van der Waals surface area (Å²) in [5, 5.41) is 0. The average Bonchev–Trinajstić information content (AvgIpc) is 2.82. The molecule has 1 aliphatic rings. The zero-order valence-electron chi connectivity index (χ0n) is 18.3. The lowest BCUT2D eigenvalue weighted by Gasteiger charge is -2.44. The normalized spacial score (nSPS) is 16.6. The summed E-state index contributed by atoms with van der Waals surface area (Å²) >= 11 is 0. The average molecular weight is 415 g/mol. The molecular formula is C28H32NO2+. The molecule has 3 aromatic rings. The van der Waals surface area contributed by atoms with Crippen LogP contribution < -0.4 is 0 Å². The van der Waals surface area contributed by atoms with Gasteiger partial charge in [-0.15, -0.1) is 0 Å². The molecule has 0 aliphatic carbocycles. The Bertz CT molecular complexity index is 911. The maximum Gasteiger partial charge on any atom is 0.318 e. The number of likely N-dealkylation sites (tertiary alicyclic amines) is 1. The van der Waals surface area contributed by atoms with Crippen LogP contribution in [0.3, 0.4) is 0 Å². The van der Waals surface area contributed by atoms with Gasteiger partial charge in [0.15, 0.2) is 0 Å². The van der Waals surface area contributed by atoms with Gasteiger partial charge in [0, 0.05) is 5.56 Å². The van der Waals surface area contributed by atoms with Gasteiger partial charge >= 0.3 is 5.97 Å². The van der Waals surface area contributed by atoms with Crippen LogP contribution in [0.1, 0.15) is 47.9 Å². The van der Waals surface area contributed by atoms with Crippen molar-refractivity contribution in [3.63, 3.8) is 0 Å². The van der Waals surface area contributed by atoms with E-state index in [1.165, 1.54) is 24.8 Å². The minimum Gasteiger partial charge on any atom is -0.458 e. The summed E-state index contributed by atoms with van der Waals surface area (Å²) in [4.78, 5) is 13.4. The van der Waals surface area contributed by atoms with Crippen LogP contribution in [-0.4, -0.2) is 37.2 Å². The molecule has 0 N–H and O–H groups in total. The second-order valence-corrected chi connectivity index (χ2v) is 8.80. The smallest absolute Gasteiger partial charge is 0.318 e. The molecule has 0 radical (unpaired) electrons. The van der Waals surface area contributed by atoms with Gasteiger partial charge in [-0.05, 0) is 30.4 Å². The number of likely N-dealkylation sites (N-methyl/N-ethyl adjacent to an activating group) is 1. The number of hydrogen-bond acceptors (Lipinski definition) is 2. The fraction of sp³-hybridized carbons (Fsp3) is 0.321. The van der Waals surface area contributed by atoms with E-state index in [1.807, 2.05) is 66.7 Å². The van der Waals surface area contributed by atoms with Gasteiger partial charge in [-0.2, -0.15) is 0 Å². The van der Waals surface area contributed by atoms with Crippen LogP contribution in [-0.2, 0) is 9.53 Å². The van der Waals surface area contributed by atoms with Crippen LogP contribution in [0.25, 0.3) is 0 Å². The Balaban J connectivity index is 1.58. The lowest BCUT2D eigenvalue weighted by molar-refractivity contribution is -0.943. The molecule has 4 rings (SSSR count). The van der Waals surface area contributed by atoms with E-state index >= 15 is 0 Å². The maximum atomic E-state index is 13.4. The highest BCUT2D eigenvalue weighted by molar-refractivity contribution is 5.82. The lowest BCUT2D eigenvalue weighted by atomic mass is 9.91. The molecule has 1 fully saturated rings. The third kappa shape index (κ3) is 5.05. The zero-order valence-corrected chi connectivity index (χ0v) is 18.3. The first-order valence-electron chi connectivity index (χ1n) is 11.3. The zero-order chi connectivity index (χ0) is 21.5. The Morgan fingerprint density at radius 1 is 0.742 bits per heavy atom. The molecule has 1 heterocycles. The molecule has 0 bridgehead atoms. The van der Waals surface area contributed by atoms with Crippen molar-refractivity contribution < 1.29 is 14.0 Å². The van der Waals surface area contributed by atoms with Crippen molar-refractivity contribution in [2.45, 2.75) is 31.2 Å². The number of rotatable bonds is 7. The number of nitrogens with zero attached hydrogens (tertiary/aromatic N) is 1. The molecule has 0 aromatic heterocycles. The first-order chi connectivity index (χ1) is 15.2. The van der Waals surface area contributed by atoms with Crippen molar-refractivity contribution >= 4 is 5.97 Å². The van der Waals surface area contributed by atoms with Crippen LogP contribution in [0.4, 0.5) is 0 Å². The van der Waals surface area contributed by atoms with E-state index in [0.29, 0.717) is 6.61 Å². The Hall–Kier alpha value is -2.91. The summed E-state index contributed by atoms with van der Waals surface area (Å²) in [6, 6.07) is 30.6. The molecule has 160 valence electrons. The highest BCUT2D eigenvalue weighted by atomic mass is 16.5. The summed E-state index contributed by atoms with van der Waals surface area (Å²) in [6.45, 7) is 2.64. The van der Waals surface area contributed by atoms with Gasteiger partial charge in [0.2, 0.25) is 0 Å². The first-order valence-corrected chi connectivity index (χ1v) is 11.3. The van der Waals surface area contributed by atoms with Crippen molar-refractivity contribution in [3.8, 4) is 0 Å². The van der Waals surface area contributed by atoms with Crippen molar-refractivity contribution in [1.29, 1.82) is 0 Å². The second kappa shape index (κ2) is 9.93. The molecule has 1 aliphatic heterocycles. The van der Waals surface area contributed by atoms with E-state index in [-0.39, 0.29) is 12.0 Å². The fourth-order valence-electron chi connectivity index (χ4n) is 4.86. The van der Waals surface area contributed by atoms with Gasteiger partial charge in [-0.1, -0.05) is 91.0 Å². The number of benzene rings is 3. The number of carbonyl (C=O) groups excluding carboxylic acids is 1.